The molecule has 1 amide bonds. The molecule has 0 radical (unpaired) electrons. The lowest BCUT2D eigenvalue weighted by Gasteiger charge is -2.20. The summed E-state index contributed by atoms with van der Waals surface area (Å²) in [5.41, 5.74) is 0. The fourth-order valence-electron chi connectivity index (χ4n) is 2.38. The molecule has 2 heterocycles. The van der Waals surface area contributed by atoms with E-state index in [0.717, 1.165) is 35.9 Å². The lowest BCUT2D eigenvalue weighted by atomic mass is 10.2. The Labute approximate surface area is 124 Å². The number of carbonyl (C=O) groups is 1. The Bertz CT molecular complexity index is 448. The normalized spacial score (nSPS) is 19.7. The largest absolute Gasteiger partial charge is 0.355 e. The molecule has 1 saturated heterocycles. The molecule has 7 heteroatoms. The maximum absolute atomic E-state index is 11.9. The Morgan fingerprint density at radius 3 is 2.90 bits per heavy atom. The fraction of sp³-hybridized carbons (Fsp3) is 0.769. The summed E-state index contributed by atoms with van der Waals surface area (Å²) in [5.74, 6) is 0.102. The van der Waals surface area contributed by atoms with Crippen molar-refractivity contribution in [3.05, 3.63) is 10.0 Å². The van der Waals surface area contributed by atoms with Crippen molar-refractivity contribution in [3.8, 4) is 0 Å². The second-order valence-electron chi connectivity index (χ2n) is 5.46. The molecule has 0 spiro atoms. The maximum Gasteiger partial charge on any atom is 0.234 e. The Kier molecular flexibility index (Phi) is 5.45. The van der Waals surface area contributed by atoms with Gasteiger partial charge in [-0.05, 0) is 27.4 Å². The van der Waals surface area contributed by atoms with Crippen molar-refractivity contribution in [2.24, 2.45) is 0 Å². The predicted octanol–water partition coefficient (Wildman–Crippen LogP) is 0.141. The monoisotopic (exact) mass is 297 g/mol. The Morgan fingerprint density at radius 2 is 2.30 bits per heavy atom. The van der Waals surface area contributed by atoms with Crippen LogP contribution in [0.15, 0.2) is 0 Å². The van der Waals surface area contributed by atoms with E-state index in [1.807, 2.05) is 6.92 Å². The minimum atomic E-state index is 0.102. The summed E-state index contributed by atoms with van der Waals surface area (Å²) in [6.45, 7) is 5.06. The van der Waals surface area contributed by atoms with E-state index in [-0.39, 0.29) is 5.91 Å². The molecule has 1 N–H and O–H groups in total. The highest BCUT2D eigenvalue weighted by molar-refractivity contribution is 7.11. The molecule has 0 aliphatic carbocycles. The second kappa shape index (κ2) is 7.10. The first-order valence-electron chi connectivity index (χ1n) is 6.99. The topological polar surface area (TPSA) is 61.4 Å². The summed E-state index contributed by atoms with van der Waals surface area (Å²) < 4.78 is 0. The quantitative estimate of drug-likeness (QED) is 0.809. The predicted molar refractivity (Wildman–Crippen MR) is 79.9 cm³/mol. The van der Waals surface area contributed by atoms with Crippen molar-refractivity contribution in [1.29, 1.82) is 0 Å². The number of rotatable bonds is 6. The SMILES string of the molecule is Cc1nnc(CCNC(=O)CN2CC[C@H](N(C)C)C2)s1. The number of likely N-dealkylation sites (tertiary alicyclic amines) is 1. The summed E-state index contributed by atoms with van der Waals surface area (Å²) in [4.78, 5) is 16.3. The van der Waals surface area contributed by atoms with Crippen molar-refractivity contribution in [3.63, 3.8) is 0 Å². The fourth-order valence-corrected chi connectivity index (χ4v) is 3.09. The van der Waals surface area contributed by atoms with Crippen LogP contribution >= 0.6 is 11.3 Å². The van der Waals surface area contributed by atoms with Crippen LogP contribution in [0.2, 0.25) is 0 Å². The number of aromatic nitrogens is 2. The first-order chi connectivity index (χ1) is 9.54. The van der Waals surface area contributed by atoms with Crippen LogP contribution in [0.5, 0.6) is 0 Å². The number of nitrogens with one attached hydrogen (secondary N) is 1. The van der Waals surface area contributed by atoms with E-state index < -0.39 is 0 Å². The molecular weight excluding hydrogens is 274 g/mol. The zero-order valence-electron chi connectivity index (χ0n) is 12.4. The van der Waals surface area contributed by atoms with Crippen LogP contribution in [-0.2, 0) is 11.2 Å². The van der Waals surface area contributed by atoms with E-state index in [4.69, 9.17) is 0 Å². The van der Waals surface area contributed by atoms with Crippen LogP contribution in [0.1, 0.15) is 16.4 Å². The van der Waals surface area contributed by atoms with Crippen LogP contribution < -0.4 is 5.32 Å². The Balaban J connectivity index is 1.63. The Hall–Kier alpha value is -1.05. The highest BCUT2D eigenvalue weighted by Crippen LogP contribution is 2.12. The third-order valence-electron chi connectivity index (χ3n) is 3.57. The third kappa shape index (κ3) is 4.50. The summed E-state index contributed by atoms with van der Waals surface area (Å²) in [6, 6.07) is 0.576. The van der Waals surface area contributed by atoms with Gasteiger partial charge in [0.1, 0.15) is 10.0 Å². The van der Waals surface area contributed by atoms with Crippen LogP contribution in [-0.4, -0.2) is 72.2 Å². The van der Waals surface area contributed by atoms with Gasteiger partial charge in [-0.25, -0.2) is 0 Å². The van der Waals surface area contributed by atoms with Crippen molar-refractivity contribution in [2.75, 3.05) is 40.3 Å². The number of hydrogen-bond donors (Lipinski definition) is 1. The highest BCUT2D eigenvalue weighted by Gasteiger charge is 2.24. The summed E-state index contributed by atoms with van der Waals surface area (Å²) in [5, 5.41) is 12.9. The van der Waals surface area contributed by atoms with Gasteiger partial charge in [0.25, 0.3) is 0 Å². The first-order valence-corrected chi connectivity index (χ1v) is 7.80. The molecule has 1 fully saturated rings. The molecule has 1 aliphatic heterocycles. The Morgan fingerprint density at radius 1 is 1.50 bits per heavy atom. The summed E-state index contributed by atoms with van der Waals surface area (Å²) in [7, 11) is 4.19. The van der Waals surface area contributed by atoms with Gasteiger partial charge in [-0.3, -0.25) is 9.69 Å². The van der Waals surface area contributed by atoms with Crippen LogP contribution in [0.25, 0.3) is 0 Å². The van der Waals surface area contributed by atoms with E-state index >= 15 is 0 Å². The van der Waals surface area contributed by atoms with Crippen molar-refractivity contribution in [1.82, 2.24) is 25.3 Å². The molecule has 2 rings (SSSR count). The number of aryl methyl sites for hydroxylation is 1. The molecule has 112 valence electrons. The molecule has 1 aliphatic rings. The van der Waals surface area contributed by atoms with Crippen molar-refractivity contribution >= 4 is 17.2 Å². The molecule has 1 aromatic rings. The second-order valence-corrected chi connectivity index (χ2v) is 6.72. The van der Waals surface area contributed by atoms with Gasteiger partial charge in [0, 0.05) is 32.1 Å². The summed E-state index contributed by atoms with van der Waals surface area (Å²) >= 11 is 1.59. The van der Waals surface area contributed by atoms with E-state index in [9.17, 15) is 4.79 Å². The minimum absolute atomic E-state index is 0.102. The number of carbonyl (C=O) groups excluding carboxylic acids is 1. The molecule has 0 aromatic carbocycles. The first kappa shape index (κ1) is 15.3. The minimum Gasteiger partial charge on any atom is -0.355 e. The molecule has 1 atom stereocenters. The van der Waals surface area contributed by atoms with E-state index in [2.05, 4.69) is 39.4 Å². The zero-order valence-corrected chi connectivity index (χ0v) is 13.2. The van der Waals surface area contributed by atoms with E-state index in [0.29, 0.717) is 19.1 Å². The maximum atomic E-state index is 11.9. The molecule has 20 heavy (non-hydrogen) atoms. The molecule has 0 saturated carbocycles. The van der Waals surface area contributed by atoms with Gasteiger partial charge in [0.05, 0.1) is 6.54 Å². The van der Waals surface area contributed by atoms with Gasteiger partial charge >= 0.3 is 0 Å². The molecule has 1 aromatic heterocycles. The number of hydrogen-bond acceptors (Lipinski definition) is 6. The smallest absolute Gasteiger partial charge is 0.234 e. The highest BCUT2D eigenvalue weighted by atomic mass is 32.1. The van der Waals surface area contributed by atoms with Gasteiger partial charge < -0.3 is 10.2 Å². The van der Waals surface area contributed by atoms with Crippen molar-refractivity contribution < 1.29 is 4.79 Å². The lowest BCUT2D eigenvalue weighted by Crippen LogP contribution is -2.38. The van der Waals surface area contributed by atoms with Gasteiger partial charge in [0.2, 0.25) is 5.91 Å². The van der Waals surface area contributed by atoms with Crippen LogP contribution in [0.4, 0.5) is 0 Å². The summed E-state index contributed by atoms with van der Waals surface area (Å²) in [6.07, 6.45) is 1.90. The van der Waals surface area contributed by atoms with E-state index in [1.165, 1.54) is 0 Å². The number of likely N-dealkylation sites (N-methyl/N-ethyl adjacent to an activating group) is 1. The van der Waals surface area contributed by atoms with Crippen molar-refractivity contribution in [2.45, 2.75) is 25.8 Å². The van der Waals surface area contributed by atoms with Gasteiger partial charge in [-0.2, -0.15) is 0 Å². The average molecular weight is 297 g/mol. The average Bonchev–Trinajstić information content (AvgIpc) is 2.99. The van der Waals surface area contributed by atoms with Crippen LogP contribution in [0.3, 0.4) is 0 Å². The molecule has 0 unspecified atom stereocenters. The van der Waals surface area contributed by atoms with Gasteiger partial charge in [-0.15, -0.1) is 21.5 Å². The van der Waals surface area contributed by atoms with Gasteiger partial charge in [-0.1, -0.05) is 0 Å². The molecular formula is C13H23N5OS. The van der Waals surface area contributed by atoms with Crippen LogP contribution in [0, 0.1) is 6.92 Å². The lowest BCUT2D eigenvalue weighted by molar-refractivity contribution is -0.122. The third-order valence-corrected chi connectivity index (χ3v) is 4.47. The van der Waals surface area contributed by atoms with Gasteiger partial charge in [0.15, 0.2) is 0 Å². The molecule has 6 nitrogen and oxygen atoms in total. The number of amides is 1. The molecule has 0 bridgehead atoms. The zero-order chi connectivity index (χ0) is 14.5. The standard InChI is InChI=1S/C13H23N5OS/c1-10-15-16-13(20-10)4-6-14-12(19)9-18-7-5-11(8-18)17(2)3/h11H,4-9H2,1-3H3,(H,14,19)/t11-/m0/s1. The number of nitrogens with zero attached hydrogens (tertiary/aromatic N) is 4. The van der Waals surface area contributed by atoms with E-state index in [1.54, 1.807) is 11.3 Å².